The van der Waals surface area contributed by atoms with Crippen molar-refractivity contribution in [3.8, 4) is 0 Å². The Morgan fingerprint density at radius 2 is 1.79 bits per heavy atom. The van der Waals surface area contributed by atoms with Crippen molar-refractivity contribution in [3.05, 3.63) is 23.9 Å². The van der Waals surface area contributed by atoms with E-state index in [1.807, 2.05) is 19.0 Å². The van der Waals surface area contributed by atoms with Crippen LogP contribution < -0.4 is 0 Å². The van der Waals surface area contributed by atoms with Crippen molar-refractivity contribution in [1.29, 1.82) is 0 Å². The van der Waals surface area contributed by atoms with Crippen LogP contribution in [0.1, 0.15) is 26.3 Å². The van der Waals surface area contributed by atoms with Crippen LogP contribution in [0.5, 0.6) is 0 Å². The van der Waals surface area contributed by atoms with Crippen molar-refractivity contribution in [1.82, 2.24) is 14.8 Å². The molecule has 0 bridgehead atoms. The monoisotopic (exact) mass is 421 g/mol. The molecule has 1 rings (SSSR count). The molecule has 0 saturated heterocycles. The summed E-state index contributed by atoms with van der Waals surface area (Å²) in [6, 6.07) is 2.14. The first kappa shape index (κ1) is 24.2. The first-order valence-corrected chi connectivity index (χ1v) is 9.57. The molecule has 28 heavy (non-hydrogen) atoms. The van der Waals surface area contributed by atoms with E-state index in [0.717, 1.165) is 24.0 Å². The van der Waals surface area contributed by atoms with Crippen molar-refractivity contribution >= 4 is 23.6 Å². The second-order valence-electron chi connectivity index (χ2n) is 7.38. The highest BCUT2D eigenvalue weighted by Gasteiger charge is 2.30. The van der Waals surface area contributed by atoms with E-state index < -0.39 is 23.3 Å². The second kappa shape index (κ2) is 10.1. The number of carbonyl (C=O) groups is 2. The summed E-state index contributed by atoms with van der Waals surface area (Å²) in [6.07, 6.45) is -3.72. The third-order valence-corrected chi connectivity index (χ3v) is 4.25. The number of rotatable bonds is 8. The van der Waals surface area contributed by atoms with Crippen LogP contribution in [0.15, 0.2) is 23.4 Å². The summed E-state index contributed by atoms with van der Waals surface area (Å²) >= 11 is 1.02. The normalized spacial score (nSPS) is 12.2. The molecule has 10 heteroatoms. The highest BCUT2D eigenvalue weighted by atomic mass is 32.2. The maximum Gasteiger partial charge on any atom is 0.417 e. The average molecular weight is 421 g/mol. The number of halogens is 3. The van der Waals surface area contributed by atoms with Gasteiger partial charge in [-0.2, -0.15) is 13.2 Å². The lowest BCUT2D eigenvalue weighted by molar-refractivity contribution is -0.158. The highest BCUT2D eigenvalue weighted by molar-refractivity contribution is 7.99. The van der Waals surface area contributed by atoms with Crippen LogP contribution >= 0.6 is 11.8 Å². The predicted molar refractivity (Wildman–Crippen MR) is 101 cm³/mol. The molecule has 0 radical (unpaired) electrons. The number of alkyl halides is 3. The van der Waals surface area contributed by atoms with Gasteiger partial charge < -0.3 is 14.5 Å². The third-order valence-electron chi connectivity index (χ3n) is 3.32. The fourth-order valence-corrected chi connectivity index (χ4v) is 2.75. The molecule has 0 spiro atoms. The van der Waals surface area contributed by atoms with Gasteiger partial charge in [-0.25, -0.2) is 4.98 Å². The van der Waals surface area contributed by atoms with Gasteiger partial charge in [0.1, 0.15) is 12.1 Å². The fourth-order valence-electron chi connectivity index (χ4n) is 2.00. The molecule has 158 valence electrons. The maximum absolute atomic E-state index is 12.6. The number of amides is 1. The van der Waals surface area contributed by atoms with E-state index in [1.54, 1.807) is 20.8 Å². The van der Waals surface area contributed by atoms with Gasteiger partial charge in [0, 0.05) is 19.3 Å². The van der Waals surface area contributed by atoms with Gasteiger partial charge in [-0.3, -0.25) is 9.59 Å². The Bertz CT molecular complexity index is 659. The van der Waals surface area contributed by atoms with Crippen molar-refractivity contribution in [2.24, 2.45) is 0 Å². The number of likely N-dealkylation sites (N-methyl/N-ethyl adjacent to an activating group) is 1. The number of aromatic nitrogens is 1. The second-order valence-corrected chi connectivity index (χ2v) is 8.37. The maximum atomic E-state index is 12.6. The molecule has 0 fully saturated rings. The number of ether oxygens (including phenoxy) is 1. The Hall–Kier alpha value is -1.81. The molecular formula is C18H26F3N3O3S. The van der Waals surface area contributed by atoms with E-state index in [0.29, 0.717) is 18.1 Å². The van der Waals surface area contributed by atoms with Crippen molar-refractivity contribution in [2.75, 3.05) is 39.5 Å². The Balaban J connectivity index is 2.70. The molecule has 0 aromatic carbocycles. The molecule has 1 aromatic rings. The van der Waals surface area contributed by atoms with Gasteiger partial charge in [0.2, 0.25) is 5.91 Å². The van der Waals surface area contributed by atoms with Crippen LogP contribution in [0.3, 0.4) is 0 Å². The number of hydrogen-bond acceptors (Lipinski definition) is 6. The Morgan fingerprint density at radius 3 is 2.25 bits per heavy atom. The van der Waals surface area contributed by atoms with E-state index in [2.05, 4.69) is 4.98 Å². The predicted octanol–water partition coefficient (Wildman–Crippen LogP) is 2.92. The van der Waals surface area contributed by atoms with Gasteiger partial charge in [-0.15, -0.1) is 0 Å². The lowest BCUT2D eigenvalue weighted by atomic mass is 10.2. The van der Waals surface area contributed by atoms with Crippen LogP contribution in [-0.4, -0.2) is 71.7 Å². The van der Waals surface area contributed by atoms with Crippen LogP contribution in [0.4, 0.5) is 13.2 Å². The summed E-state index contributed by atoms with van der Waals surface area (Å²) in [5, 5.41) is 0.297. The smallest absolute Gasteiger partial charge is 0.417 e. The number of hydrogen-bond donors (Lipinski definition) is 0. The first-order valence-electron chi connectivity index (χ1n) is 8.58. The first-order chi connectivity index (χ1) is 12.8. The molecule has 0 N–H and O–H groups in total. The lowest BCUT2D eigenvalue weighted by Crippen LogP contribution is -2.42. The molecular weight excluding hydrogens is 395 g/mol. The van der Waals surface area contributed by atoms with Crippen LogP contribution in [-0.2, 0) is 20.5 Å². The van der Waals surface area contributed by atoms with Crippen LogP contribution in [0.2, 0.25) is 0 Å². The van der Waals surface area contributed by atoms with Gasteiger partial charge in [0.25, 0.3) is 0 Å². The number of carbonyl (C=O) groups excluding carboxylic acids is 2. The quantitative estimate of drug-likeness (QED) is 0.475. The van der Waals surface area contributed by atoms with E-state index >= 15 is 0 Å². The van der Waals surface area contributed by atoms with E-state index in [4.69, 9.17) is 4.74 Å². The average Bonchev–Trinajstić information content (AvgIpc) is 2.54. The molecule has 0 atom stereocenters. The summed E-state index contributed by atoms with van der Waals surface area (Å²) in [6.45, 7) is 5.91. The molecule has 1 aromatic heterocycles. The zero-order valence-corrected chi connectivity index (χ0v) is 17.5. The van der Waals surface area contributed by atoms with Gasteiger partial charge in [-0.1, -0.05) is 11.8 Å². The topological polar surface area (TPSA) is 62.7 Å². The van der Waals surface area contributed by atoms with E-state index in [9.17, 15) is 22.8 Å². The van der Waals surface area contributed by atoms with Gasteiger partial charge in [0.05, 0.1) is 16.3 Å². The molecule has 0 saturated carbocycles. The molecule has 0 aliphatic heterocycles. The molecule has 1 heterocycles. The number of thioether (sulfide) groups is 1. The lowest BCUT2D eigenvalue weighted by Gasteiger charge is -2.26. The fraction of sp³-hybridized carbons (Fsp3) is 0.611. The summed E-state index contributed by atoms with van der Waals surface area (Å²) in [5.41, 5.74) is -1.51. The van der Waals surface area contributed by atoms with Gasteiger partial charge in [0.15, 0.2) is 0 Å². The number of nitrogens with zero attached hydrogens (tertiary/aromatic N) is 3. The van der Waals surface area contributed by atoms with Crippen LogP contribution in [0.25, 0.3) is 0 Å². The number of esters is 1. The SMILES string of the molecule is CN(C)CCN(CC(=O)OC(C)(C)C)C(=O)CSc1ccc(C(F)(F)F)cn1. The van der Waals surface area contributed by atoms with Crippen molar-refractivity contribution < 1.29 is 27.5 Å². The van der Waals surface area contributed by atoms with Crippen LogP contribution in [0, 0.1) is 0 Å². The minimum Gasteiger partial charge on any atom is -0.459 e. The molecule has 0 unspecified atom stereocenters. The summed E-state index contributed by atoms with van der Waals surface area (Å²) in [5.74, 6) is -0.883. The van der Waals surface area contributed by atoms with Crippen molar-refractivity contribution in [3.63, 3.8) is 0 Å². The molecule has 1 amide bonds. The summed E-state index contributed by atoms with van der Waals surface area (Å²) in [4.78, 5) is 31.6. The standard InChI is InChI=1S/C18H26F3N3O3S/c1-17(2,3)27-16(26)11-24(9-8-23(4)5)15(25)12-28-14-7-6-13(10-22-14)18(19,20)21/h6-7,10H,8-9,11-12H2,1-5H3. The molecule has 6 nitrogen and oxygen atoms in total. The number of pyridine rings is 1. The highest BCUT2D eigenvalue weighted by Crippen LogP contribution is 2.29. The summed E-state index contributed by atoms with van der Waals surface area (Å²) < 4.78 is 43.0. The minimum absolute atomic E-state index is 0.0470. The van der Waals surface area contributed by atoms with E-state index in [1.165, 1.54) is 11.0 Å². The minimum atomic E-state index is -4.46. The third kappa shape index (κ3) is 9.41. The Kier molecular flexibility index (Phi) is 8.75. The Labute approximate surface area is 167 Å². The molecule has 0 aliphatic rings. The zero-order valence-electron chi connectivity index (χ0n) is 16.7. The summed E-state index contributed by atoms with van der Waals surface area (Å²) in [7, 11) is 3.69. The van der Waals surface area contributed by atoms with Gasteiger partial charge >= 0.3 is 12.1 Å². The van der Waals surface area contributed by atoms with Crippen molar-refractivity contribution in [2.45, 2.75) is 37.6 Å². The Morgan fingerprint density at radius 1 is 1.14 bits per heavy atom. The largest absolute Gasteiger partial charge is 0.459 e. The molecule has 0 aliphatic carbocycles. The van der Waals surface area contributed by atoms with Gasteiger partial charge in [-0.05, 0) is 47.0 Å². The zero-order chi connectivity index (χ0) is 21.5. The van der Waals surface area contributed by atoms with E-state index in [-0.39, 0.29) is 18.2 Å².